The third kappa shape index (κ3) is 3.55. The number of hydrazone groups is 1. The van der Waals surface area contributed by atoms with Crippen LogP contribution in [-0.2, 0) is 9.53 Å². The first kappa shape index (κ1) is 16.8. The maximum absolute atomic E-state index is 12.1. The van der Waals surface area contributed by atoms with Gasteiger partial charge in [0.25, 0.3) is 0 Å². The van der Waals surface area contributed by atoms with Gasteiger partial charge in [-0.1, -0.05) is 35.3 Å². The van der Waals surface area contributed by atoms with Crippen LogP contribution in [0.4, 0.5) is 5.69 Å². The number of anilines is 1. The molecule has 0 fully saturated rings. The normalized spacial score (nSPS) is 16.9. The Hall–Kier alpha value is -2.04. The smallest absolute Gasteiger partial charge is 0.354 e. The molecule has 1 unspecified atom stereocenters. The SMILES string of the molecule is CCOC(=O)C1=NN(c2ccc(Cl)cc2)C(c2ccc(Cl)cc2)C1. The number of ether oxygens (including phenoxy) is 1. The maximum Gasteiger partial charge on any atom is 0.354 e. The van der Waals surface area contributed by atoms with Crippen molar-refractivity contribution in [2.24, 2.45) is 5.10 Å². The number of hydrogen-bond donors (Lipinski definition) is 0. The van der Waals surface area contributed by atoms with Crippen LogP contribution >= 0.6 is 23.2 Å². The Morgan fingerprint density at radius 1 is 1.12 bits per heavy atom. The minimum absolute atomic E-state index is 0.0946. The van der Waals surface area contributed by atoms with E-state index in [1.54, 1.807) is 19.1 Å². The third-order valence-electron chi connectivity index (χ3n) is 3.77. The summed E-state index contributed by atoms with van der Waals surface area (Å²) in [6.07, 6.45) is 0.475. The summed E-state index contributed by atoms with van der Waals surface area (Å²) in [4.78, 5) is 12.1. The molecule has 1 atom stereocenters. The zero-order valence-corrected chi connectivity index (χ0v) is 14.6. The van der Waals surface area contributed by atoms with Crippen molar-refractivity contribution in [2.75, 3.05) is 11.6 Å². The van der Waals surface area contributed by atoms with Gasteiger partial charge in [-0.2, -0.15) is 5.10 Å². The van der Waals surface area contributed by atoms with Crippen LogP contribution in [-0.4, -0.2) is 18.3 Å². The molecule has 2 aromatic rings. The minimum Gasteiger partial charge on any atom is -0.461 e. The van der Waals surface area contributed by atoms with Crippen LogP contribution < -0.4 is 5.01 Å². The maximum atomic E-state index is 12.1. The molecule has 24 heavy (non-hydrogen) atoms. The van der Waals surface area contributed by atoms with Crippen LogP contribution in [0.15, 0.2) is 53.6 Å². The number of esters is 1. The molecule has 1 aliphatic rings. The van der Waals surface area contributed by atoms with E-state index in [0.717, 1.165) is 11.3 Å². The predicted molar refractivity (Wildman–Crippen MR) is 96.8 cm³/mol. The zero-order chi connectivity index (χ0) is 17.1. The molecule has 124 valence electrons. The Morgan fingerprint density at radius 2 is 1.71 bits per heavy atom. The molecule has 0 aromatic heterocycles. The molecule has 0 saturated carbocycles. The van der Waals surface area contributed by atoms with Crippen molar-refractivity contribution in [3.8, 4) is 0 Å². The van der Waals surface area contributed by atoms with Gasteiger partial charge in [-0.05, 0) is 48.9 Å². The highest BCUT2D eigenvalue weighted by atomic mass is 35.5. The van der Waals surface area contributed by atoms with E-state index >= 15 is 0 Å². The van der Waals surface area contributed by atoms with Crippen LogP contribution in [0, 0.1) is 0 Å². The van der Waals surface area contributed by atoms with E-state index < -0.39 is 0 Å². The summed E-state index contributed by atoms with van der Waals surface area (Å²) >= 11 is 11.9. The summed E-state index contributed by atoms with van der Waals surface area (Å²) in [6, 6.07) is 14.8. The van der Waals surface area contributed by atoms with Gasteiger partial charge in [0.2, 0.25) is 0 Å². The second-order valence-electron chi connectivity index (χ2n) is 5.36. The monoisotopic (exact) mass is 362 g/mol. The van der Waals surface area contributed by atoms with E-state index in [1.165, 1.54) is 0 Å². The van der Waals surface area contributed by atoms with Crippen LogP contribution in [0.2, 0.25) is 10.0 Å². The zero-order valence-electron chi connectivity index (χ0n) is 13.1. The highest BCUT2D eigenvalue weighted by Gasteiger charge is 2.33. The number of halogens is 2. The molecule has 6 heteroatoms. The Kier molecular flexibility index (Phi) is 5.07. The van der Waals surface area contributed by atoms with E-state index in [9.17, 15) is 4.79 Å². The largest absolute Gasteiger partial charge is 0.461 e. The molecular weight excluding hydrogens is 347 g/mol. The molecule has 0 aliphatic carbocycles. The van der Waals surface area contributed by atoms with Crippen molar-refractivity contribution >= 4 is 40.6 Å². The van der Waals surface area contributed by atoms with Crippen molar-refractivity contribution in [1.29, 1.82) is 0 Å². The fraction of sp³-hybridized carbons (Fsp3) is 0.222. The average Bonchev–Trinajstić information content (AvgIpc) is 3.02. The van der Waals surface area contributed by atoms with Crippen molar-refractivity contribution in [3.05, 3.63) is 64.1 Å². The molecular formula is C18H16Cl2N2O2. The first-order valence-electron chi connectivity index (χ1n) is 7.63. The predicted octanol–water partition coefficient (Wildman–Crippen LogP) is 4.86. The lowest BCUT2D eigenvalue weighted by Gasteiger charge is -2.24. The van der Waals surface area contributed by atoms with Gasteiger partial charge >= 0.3 is 5.97 Å². The molecule has 3 rings (SSSR count). The van der Waals surface area contributed by atoms with Crippen molar-refractivity contribution in [3.63, 3.8) is 0 Å². The van der Waals surface area contributed by atoms with Crippen LogP contribution in [0.3, 0.4) is 0 Å². The summed E-state index contributed by atoms with van der Waals surface area (Å²) < 4.78 is 5.09. The lowest BCUT2D eigenvalue weighted by atomic mass is 10.0. The van der Waals surface area contributed by atoms with E-state index in [-0.39, 0.29) is 12.0 Å². The van der Waals surface area contributed by atoms with Crippen molar-refractivity contribution in [2.45, 2.75) is 19.4 Å². The van der Waals surface area contributed by atoms with Gasteiger partial charge in [0.1, 0.15) is 5.71 Å². The fourth-order valence-corrected chi connectivity index (χ4v) is 2.88. The number of nitrogens with zero attached hydrogens (tertiary/aromatic N) is 2. The third-order valence-corrected chi connectivity index (χ3v) is 4.27. The van der Waals surface area contributed by atoms with Gasteiger partial charge in [0.05, 0.1) is 18.3 Å². The first-order valence-corrected chi connectivity index (χ1v) is 8.39. The van der Waals surface area contributed by atoms with Gasteiger partial charge in [0.15, 0.2) is 0 Å². The van der Waals surface area contributed by atoms with Crippen LogP contribution in [0.25, 0.3) is 0 Å². The number of rotatable bonds is 4. The van der Waals surface area contributed by atoms with Gasteiger partial charge in [-0.15, -0.1) is 0 Å². The average molecular weight is 363 g/mol. The number of hydrogen-bond acceptors (Lipinski definition) is 4. The van der Waals surface area contributed by atoms with Gasteiger partial charge in [-0.25, -0.2) is 4.79 Å². The highest BCUT2D eigenvalue weighted by molar-refractivity contribution is 6.37. The molecule has 1 heterocycles. The second kappa shape index (κ2) is 7.24. The summed E-state index contributed by atoms with van der Waals surface area (Å²) in [6.45, 7) is 2.10. The quantitative estimate of drug-likeness (QED) is 0.729. The highest BCUT2D eigenvalue weighted by Crippen LogP contribution is 2.36. The molecule has 0 N–H and O–H groups in total. The summed E-state index contributed by atoms with van der Waals surface area (Å²) in [5.41, 5.74) is 2.29. The number of carbonyl (C=O) groups is 1. The summed E-state index contributed by atoms with van der Waals surface area (Å²) in [5.74, 6) is -0.382. The molecule has 2 aromatic carbocycles. The Morgan fingerprint density at radius 3 is 2.29 bits per heavy atom. The van der Waals surface area contributed by atoms with E-state index in [0.29, 0.717) is 28.8 Å². The lowest BCUT2D eigenvalue weighted by molar-refractivity contribution is -0.135. The standard InChI is InChI=1S/C18H16Cl2N2O2/c1-2-24-18(23)16-11-17(12-3-5-13(19)6-4-12)22(21-16)15-9-7-14(20)8-10-15/h3-10,17H,2,11H2,1H3. The Balaban J connectivity index is 1.95. The van der Waals surface area contributed by atoms with E-state index in [2.05, 4.69) is 5.10 Å². The number of carbonyl (C=O) groups excluding carboxylic acids is 1. The molecule has 0 radical (unpaired) electrons. The molecule has 4 nitrogen and oxygen atoms in total. The van der Waals surface area contributed by atoms with Crippen molar-refractivity contribution in [1.82, 2.24) is 0 Å². The number of benzene rings is 2. The second-order valence-corrected chi connectivity index (χ2v) is 6.23. The van der Waals surface area contributed by atoms with Gasteiger partial charge in [0, 0.05) is 16.5 Å². The summed E-state index contributed by atoms with van der Waals surface area (Å²) in [7, 11) is 0. The Bertz CT molecular complexity index is 758. The molecule has 1 aliphatic heterocycles. The summed E-state index contributed by atoms with van der Waals surface area (Å²) in [5, 5.41) is 7.63. The van der Waals surface area contributed by atoms with Gasteiger partial charge in [-0.3, -0.25) is 5.01 Å². The lowest BCUT2D eigenvalue weighted by Crippen LogP contribution is -2.18. The van der Waals surface area contributed by atoms with Crippen LogP contribution in [0.1, 0.15) is 24.9 Å². The van der Waals surface area contributed by atoms with Gasteiger partial charge < -0.3 is 4.74 Å². The molecule has 0 amide bonds. The first-order chi connectivity index (χ1) is 11.6. The molecule has 0 saturated heterocycles. The van der Waals surface area contributed by atoms with E-state index in [1.807, 2.05) is 41.4 Å². The fourth-order valence-electron chi connectivity index (χ4n) is 2.62. The van der Waals surface area contributed by atoms with Crippen molar-refractivity contribution < 1.29 is 9.53 Å². The molecule has 0 bridgehead atoms. The molecule has 0 spiro atoms. The van der Waals surface area contributed by atoms with E-state index in [4.69, 9.17) is 27.9 Å². The topological polar surface area (TPSA) is 41.9 Å². The minimum atomic E-state index is -0.382. The Labute approximate surface area is 150 Å². The van der Waals surface area contributed by atoms with Crippen LogP contribution in [0.5, 0.6) is 0 Å².